The smallest absolute Gasteiger partial charge is 0.431 e. The number of methoxy groups -OCH3 is 1. The molecular weight excluding hydrogens is 421 g/mol. The molecule has 10 heteroatoms. The van der Waals surface area contributed by atoms with Crippen LogP contribution in [0, 0.1) is 0 Å². The Morgan fingerprint density at radius 2 is 1.80 bits per heavy atom. The number of allylic oxidation sites excluding steroid dienone is 2. The largest absolute Gasteiger partial charge is 0.497 e. The van der Waals surface area contributed by atoms with Gasteiger partial charge in [-0.05, 0) is 42.0 Å². The second-order valence-electron chi connectivity index (χ2n) is 6.45. The first-order valence-electron chi connectivity index (χ1n) is 8.71. The predicted octanol–water partition coefficient (Wildman–Crippen LogP) is 4.65. The number of hydrogen-bond donors (Lipinski definition) is 1. The number of anilines is 1. The molecule has 6 nitrogen and oxygen atoms in total. The van der Waals surface area contributed by atoms with Crippen LogP contribution >= 0.6 is 11.6 Å². The van der Waals surface area contributed by atoms with E-state index < -0.39 is 29.3 Å². The Balaban J connectivity index is 1.94. The molecule has 154 valence electrons. The van der Waals surface area contributed by atoms with Gasteiger partial charge in [0, 0.05) is 10.6 Å². The van der Waals surface area contributed by atoms with Gasteiger partial charge >= 0.3 is 6.18 Å². The van der Waals surface area contributed by atoms with Gasteiger partial charge in [0.05, 0.1) is 12.7 Å². The van der Waals surface area contributed by atoms with Crippen LogP contribution in [0.5, 0.6) is 5.75 Å². The van der Waals surface area contributed by atoms with Crippen LogP contribution in [0.3, 0.4) is 0 Å². The third kappa shape index (κ3) is 3.52. The van der Waals surface area contributed by atoms with E-state index in [1.807, 2.05) is 0 Å². The molecule has 4 rings (SSSR count). The van der Waals surface area contributed by atoms with Crippen LogP contribution < -0.4 is 10.1 Å². The van der Waals surface area contributed by atoms with Crippen molar-refractivity contribution in [3.05, 3.63) is 82.3 Å². The summed E-state index contributed by atoms with van der Waals surface area (Å²) in [5.74, 6) is -0.388. The summed E-state index contributed by atoms with van der Waals surface area (Å²) in [5, 5.41) is 6.64. The second-order valence-corrected chi connectivity index (χ2v) is 6.89. The number of ether oxygens (including phenoxy) is 1. The highest BCUT2D eigenvalue weighted by molar-refractivity contribution is 6.30. The molecular formula is C20H14ClF3N4O2. The van der Waals surface area contributed by atoms with E-state index >= 15 is 0 Å². The maximum absolute atomic E-state index is 14.0. The first-order valence-corrected chi connectivity index (χ1v) is 9.09. The Labute approximate surface area is 173 Å². The van der Waals surface area contributed by atoms with Crippen LogP contribution in [-0.2, 0) is 0 Å². The number of nitrogens with zero attached hydrogens (tertiary/aromatic N) is 3. The Hall–Kier alpha value is -3.33. The van der Waals surface area contributed by atoms with E-state index in [1.165, 1.54) is 36.1 Å². The standard InChI is InChI=1S/C20H14ClF3N4O2/c1-30-14-8-4-11(5-9-14)16-15(17(29)12-2-6-13(21)7-3-12)18(20(22,23)24)27-19-25-10-26-28(16)19/h2-10,16H,1H3,(H,25,26,27)/t16-/m0/s1. The number of fused-ring (bicyclic) bond motifs is 1. The summed E-state index contributed by atoms with van der Waals surface area (Å²) in [5.41, 5.74) is -1.18. The molecule has 1 N–H and O–H groups in total. The maximum Gasteiger partial charge on any atom is 0.431 e. The Morgan fingerprint density at radius 3 is 2.40 bits per heavy atom. The molecule has 2 aromatic carbocycles. The van der Waals surface area contributed by atoms with Crippen LogP contribution in [0.15, 0.2) is 66.1 Å². The van der Waals surface area contributed by atoms with Gasteiger partial charge in [-0.2, -0.15) is 23.3 Å². The summed E-state index contributed by atoms with van der Waals surface area (Å²) in [6, 6.07) is 10.9. The van der Waals surface area contributed by atoms with E-state index in [-0.39, 0.29) is 11.5 Å². The number of carbonyl (C=O) groups excluding carboxylic acids is 1. The number of carbonyl (C=O) groups is 1. The van der Waals surface area contributed by atoms with E-state index in [4.69, 9.17) is 16.3 Å². The fraction of sp³-hybridized carbons (Fsp3) is 0.150. The van der Waals surface area contributed by atoms with Crippen LogP contribution in [-0.4, -0.2) is 33.8 Å². The molecule has 0 unspecified atom stereocenters. The second kappa shape index (κ2) is 7.49. The van der Waals surface area contributed by atoms with Crippen molar-refractivity contribution in [2.45, 2.75) is 12.2 Å². The Bertz CT molecular complexity index is 1120. The highest BCUT2D eigenvalue weighted by Crippen LogP contribution is 2.42. The number of alkyl halides is 3. The van der Waals surface area contributed by atoms with Gasteiger partial charge in [-0.3, -0.25) is 4.79 Å². The van der Waals surface area contributed by atoms with Crippen molar-refractivity contribution in [1.29, 1.82) is 0 Å². The van der Waals surface area contributed by atoms with E-state index in [0.717, 1.165) is 6.33 Å². The molecule has 2 heterocycles. The lowest BCUT2D eigenvalue weighted by molar-refractivity contribution is -0.0918. The fourth-order valence-electron chi connectivity index (χ4n) is 3.28. The molecule has 1 aliphatic rings. The monoisotopic (exact) mass is 434 g/mol. The van der Waals surface area contributed by atoms with Crippen LogP contribution in [0.2, 0.25) is 5.02 Å². The summed E-state index contributed by atoms with van der Waals surface area (Å²) < 4.78 is 48.3. The van der Waals surface area contributed by atoms with E-state index in [0.29, 0.717) is 16.3 Å². The minimum Gasteiger partial charge on any atom is -0.497 e. The molecule has 1 atom stereocenters. The zero-order valence-corrected chi connectivity index (χ0v) is 16.2. The number of ketones is 1. The van der Waals surface area contributed by atoms with Gasteiger partial charge in [-0.15, -0.1) is 0 Å². The summed E-state index contributed by atoms with van der Waals surface area (Å²) in [6.07, 6.45) is -3.69. The van der Waals surface area contributed by atoms with Gasteiger partial charge in [0.2, 0.25) is 5.95 Å². The van der Waals surface area contributed by atoms with Crippen molar-refractivity contribution in [3.63, 3.8) is 0 Å². The molecule has 0 saturated carbocycles. The third-order valence-electron chi connectivity index (χ3n) is 4.66. The predicted molar refractivity (Wildman–Crippen MR) is 104 cm³/mol. The molecule has 30 heavy (non-hydrogen) atoms. The summed E-state index contributed by atoms with van der Waals surface area (Å²) >= 11 is 5.86. The topological polar surface area (TPSA) is 69.0 Å². The highest BCUT2D eigenvalue weighted by atomic mass is 35.5. The van der Waals surface area contributed by atoms with Gasteiger partial charge in [-0.1, -0.05) is 23.7 Å². The number of halogens is 4. The van der Waals surface area contributed by atoms with Crippen molar-refractivity contribution < 1.29 is 22.7 Å². The average Bonchev–Trinajstić information content (AvgIpc) is 3.20. The zero-order chi connectivity index (χ0) is 21.5. The lowest BCUT2D eigenvalue weighted by Crippen LogP contribution is -2.35. The van der Waals surface area contributed by atoms with Crippen molar-refractivity contribution >= 4 is 23.3 Å². The molecule has 0 aliphatic carbocycles. The first-order chi connectivity index (χ1) is 14.3. The molecule has 0 bridgehead atoms. The first kappa shape index (κ1) is 20.0. The Morgan fingerprint density at radius 1 is 1.13 bits per heavy atom. The quantitative estimate of drug-likeness (QED) is 0.605. The third-order valence-corrected chi connectivity index (χ3v) is 4.92. The molecule has 0 radical (unpaired) electrons. The van der Waals surface area contributed by atoms with Crippen molar-refractivity contribution in [3.8, 4) is 5.75 Å². The molecule has 1 aromatic heterocycles. The van der Waals surface area contributed by atoms with E-state index in [2.05, 4.69) is 15.4 Å². The normalized spacial score (nSPS) is 16.1. The lowest BCUT2D eigenvalue weighted by Gasteiger charge is -2.30. The van der Waals surface area contributed by atoms with Crippen molar-refractivity contribution in [2.24, 2.45) is 0 Å². The number of hydrogen-bond acceptors (Lipinski definition) is 5. The van der Waals surface area contributed by atoms with Crippen LogP contribution in [0.4, 0.5) is 19.1 Å². The summed E-state index contributed by atoms with van der Waals surface area (Å²) in [4.78, 5) is 17.1. The number of nitrogens with one attached hydrogen (secondary N) is 1. The fourth-order valence-corrected chi connectivity index (χ4v) is 3.40. The van der Waals surface area contributed by atoms with Gasteiger partial charge in [0.15, 0.2) is 5.78 Å². The molecule has 0 spiro atoms. The summed E-state index contributed by atoms with van der Waals surface area (Å²) in [7, 11) is 1.48. The molecule has 0 fully saturated rings. The van der Waals surface area contributed by atoms with Gasteiger partial charge in [-0.25, -0.2) is 4.68 Å². The molecule has 3 aromatic rings. The molecule has 0 saturated heterocycles. The molecule has 0 amide bonds. The SMILES string of the molecule is COc1ccc([C@H]2C(C(=O)c3ccc(Cl)cc3)=C(C(F)(F)F)Nc3ncnn32)cc1. The number of rotatable bonds is 4. The average molecular weight is 435 g/mol. The zero-order valence-electron chi connectivity index (χ0n) is 15.4. The minimum absolute atomic E-state index is 0.0695. The highest BCUT2D eigenvalue weighted by Gasteiger charge is 2.45. The lowest BCUT2D eigenvalue weighted by atomic mass is 9.89. The van der Waals surface area contributed by atoms with Crippen molar-refractivity contribution in [2.75, 3.05) is 12.4 Å². The number of aromatic nitrogens is 3. The summed E-state index contributed by atoms with van der Waals surface area (Å²) in [6.45, 7) is 0. The van der Waals surface area contributed by atoms with Crippen molar-refractivity contribution in [1.82, 2.24) is 14.8 Å². The number of benzene rings is 2. The minimum atomic E-state index is -4.82. The van der Waals surface area contributed by atoms with Crippen LogP contribution in [0.25, 0.3) is 0 Å². The Kier molecular flexibility index (Phi) is 4.98. The van der Waals surface area contributed by atoms with Gasteiger partial charge in [0.25, 0.3) is 0 Å². The number of Topliss-reactive ketones (excluding diaryl/α,β-unsaturated/α-hetero) is 1. The maximum atomic E-state index is 14.0. The van der Waals surface area contributed by atoms with Crippen LogP contribution in [0.1, 0.15) is 22.0 Å². The van der Waals surface area contributed by atoms with E-state index in [1.54, 1.807) is 24.3 Å². The van der Waals surface area contributed by atoms with Gasteiger partial charge < -0.3 is 10.1 Å². The van der Waals surface area contributed by atoms with E-state index in [9.17, 15) is 18.0 Å². The molecule has 1 aliphatic heterocycles. The van der Waals surface area contributed by atoms with Gasteiger partial charge in [0.1, 0.15) is 23.8 Å².